The van der Waals surface area contributed by atoms with Gasteiger partial charge in [-0.3, -0.25) is 4.98 Å². The zero-order chi connectivity index (χ0) is 16.0. The number of halogens is 1. The third kappa shape index (κ3) is 5.40. The lowest BCUT2D eigenvalue weighted by Crippen LogP contribution is -2.11. The van der Waals surface area contributed by atoms with Gasteiger partial charge in [0.2, 0.25) is 5.89 Å². The highest BCUT2D eigenvalue weighted by Gasteiger charge is 2.21. The summed E-state index contributed by atoms with van der Waals surface area (Å²) < 4.78 is 6.28. The SMILES string of the molecule is CC(C)(C)c1nc(CCCCCNc2cncc(Br)c2)no1. The second-order valence-electron chi connectivity index (χ2n) is 6.40. The van der Waals surface area contributed by atoms with Crippen molar-refractivity contribution in [3.05, 3.63) is 34.6 Å². The molecule has 2 heterocycles. The van der Waals surface area contributed by atoms with Crippen LogP contribution < -0.4 is 5.32 Å². The summed E-state index contributed by atoms with van der Waals surface area (Å²) in [6.45, 7) is 7.17. The van der Waals surface area contributed by atoms with Crippen LogP contribution in [0.25, 0.3) is 0 Å². The fourth-order valence-electron chi connectivity index (χ4n) is 1.99. The minimum Gasteiger partial charge on any atom is -0.384 e. The number of nitrogens with zero attached hydrogens (tertiary/aromatic N) is 3. The lowest BCUT2D eigenvalue weighted by Gasteiger charge is -2.10. The maximum absolute atomic E-state index is 5.29. The van der Waals surface area contributed by atoms with Gasteiger partial charge < -0.3 is 9.84 Å². The van der Waals surface area contributed by atoms with Gasteiger partial charge in [0.1, 0.15) is 0 Å². The lowest BCUT2D eigenvalue weighted by molar-refractivity contribution is 0.318. The first-order valence-corrected chi connectivity index (χ1v) is 8.42. The van der Waals surface area contributed by atoms with Crippen molar-refractivity contribution in [1.82, 2.24) is 15.1 Å². The molecule has 2 aromatic rings. The van der Waals surface area contributed by atoms with Crippen LogP contribution in [0.1, 0.15) is 51.7 Å². The molecule has 0 aliphatic rings. The van der Waals surface area contributed by atoms with Crippen LogP contribution in [0.3, 0.4) is 0 Å². The Morgan fingerprint density at radius 1 is 1.18 bits per heavy atom. The van der Waals surface area contributed by atoms with Gasteiger partial charge in [0.05, 0.1) is 11.9 Å². The summed E-state index contributed by atoms with van der Waals surface area (Å²) in [5.41, 5.74) is 0.968. The number of nitrogens with one attached hydrogen (secondary N) is 1. The molecule has 22 heavy (non-hydrogen) atoms. The van der Waals surface area contributed by atoms with Crippen molar-refractivity contribution in [3.63, 3.8) is 0 Å². The molecule has 120 valence electrons. The summed E-state index contributed by atoms with van der Waals surface area (Å²) >= 11 is 3.41. The molecular formula is C16H23BrN4O. The van der Waals surface area contributed by atoms with Gasteiger partial charge >= 0.3 is 0 Å². The van der Waals surface area contributed by atoms with Crippen LogP contribution in [0.2, 0.25) is 0 Å². The van der Waals surface area contributed by atoms with E-state index in [0.29, 0.717) is 5.89 Å². The van der Waals surface area contributed by atoms with Crippen LogP contribution >= 0.6 is 15.9 Å². The number of pyridine rings is 1. The van der Waals surface area contributed by atoms with Crippen molar-refractivity contribution in [2.75, 3.05) is 11.9 Å². The van der Waals surface area contributed by atoms with Crippen LogP contribution in [0.15, 0.2) is 27.5 Å². The normalized spacial score (nSPS) is 11.6. The zero-order valence-corrected chi connectivity index (χ0v) is 15.0. The Morgan fingerprint density at radius 2 is 2.00 bits per heavy atom. The third-order valence-electron chi connectivity index (χ3n) is 3.22. The number of rotatable bonds is 7. The zero-order valence-electron chi connectivity index (χ0n) is 13.4. The van der Waals surface area contributed by atoms with E-state index < -0.39 is 0 Å². The van der Waals surface area contributed by atoms with E-state index in [9.17, 15) is 0 Å². The van der Waals surface area contributed by atoms with Gasteiger partial charge in [0.25, 0.3) is 0 Å². The summed E-state index contributed by atoms with van der Waals surface area (Å²) in [4.78, 5) is 8.57. The molecule has 0 bridgehead atoms. The minimum atomic E-state index is -0.0762. The van der Waals surface area contributed by atoms with Gasteiger partial charge in [-0.2, -0.15) is 4.98 Å². The Balaban J connectivity index is 1.62. The molecule has 5 nitrogen and oxygen atoms in total. The first-order chi connectivity index (χ1) is 10.4. The van der Waals surface area contributed by atoms with Crippen molar-refractivity contribution in [2.24, 2.45) is 0 Å². The first kappa shape index (κ1) is 16.9. The quantitative estimate of drug-likeness (QED) is 0.737. The van der Waals surface area contributed by atoms with Crippen molar-refractivity contribution in [3.8, 4) is 0 Å². The predicted octanol–water partition coefficient (Wildman–Crippen LogP) is 4.35. The monoisotopic (exact) mass is 366 g/mol. The van der Waals surface area contributed by atoms with Crippen molar-refractivity contribution in [2.45, 2.75) is 51.9 Å². The largest absolute Gasteiger partial charge is 0.384 e. The number of aryl methyl sites for hydroxylation is 1. The van der Waals surface area contributed by atoms with Gasteiger partial charge in [-0.05, 0) is 34.8 Å². The van der Waals surface area contributed by atoms with E-state index in [0.717, 1.165) is 48.2 Å². The second kappa shape index (κ2) is 7.72. The van der Waals surface area contributed by atoms with Crippen LogP contribution in [0.4, 0.5) is 5.69 Å². The Bertz CT molecular complexity index is 592. The molecule has 0 fully saturated rings. The standard InChI is InChI=1S/C16H23BrN4O/c1-16(2,3)15-20-14(21-22-15)7-5-4-6-8-19-13-9-12(17)10-18-11-13/h9-11,19H,4-8H2,1-3H3. The summed E-state index contributed by atoms with van der Waals surface area (Å²) in [6.07, 6.45) is 7.80. The average Bonchev–Trinajstić information content (AvgIpc) is 2.91. The molecule has 0 saturated heterocycles. The molecule has 0 unspecified atom stereocenters. The predicted molar refractivity (Wildman–Crippen MR) is 91.0 cm³/mol. The molecule has 0 amide bonds. The Labute approximate surface area is 140 Å². The van der Waals surface area contributed by atoms with E-state index >= 15 is 0 Å². The van der Waals surface area contributed by atoms with Crippen LogP contribution in [-0.4, -0.2) is 21.7 Å². The smallest absolute Gasteiger partial charge is 0.232 e. The van der Waals surface area contributed by atoms with Crippen LogP contribution in [-0.2, 0) is 11.8 Å². The lowest BCUT2D eigenvalue weighted by atomic mass is 9.97. The van der Waals surface area contributed by atoms with E-state index in [1.165, 1.54) is 0 Å². The number of aromatic nitrogens is 3. The Kier molecular flexibility index (Phi) is 5.94. The number of anilines is 1. The molecule has 0 aliphatic heterocycles. The number of unbranched alkanes of at least 4 members (excludes halogenated alkanes) is 2. The van der Waals surface area contributed by atoms with Gasteiger partial charge in [-0.25, -0.2) is 0 Å². The summed E-state index contributed by atoms with van der Waals surface area (Å²) in [5.74, 6) is 1.53. The first-order valence-electron chi connectivity index (χ1n) is 7.62. The highest BCUT2D eigenvalue weighted by Crippen LogP contribution is 2.20. The van der Waals surface area contributed by atoms with Gasteiger partial charge in [0.15, 0.2) is 5.82 Å². The van der Waals surface area contributed by atoms with Gasteiger partial charge in [-0.1, -0.05) is 32.3 Å². The summed E-state index contributed by atoms with van der Waals surface area (Å²) in [7, 11) is 0. The molecule has 2 rings (SSSR count). The molecular weight excluding hydrogens is 344 g/mol. The fourth-order valence-corrected chi connectivity index (χ4v) is 2.35. The third-order valence-corrected chi connectivity index (χ3v) is 3.65. The molecule has 1 N–H and O–H groups in total. The van der Waals surface area contributed by atoms with Crippen LogP contribution in [0.5, 0.6) is 0 Å². The highest BCUT2D eigenvalue weighted by molar-refractivity contribution is 9.10. The van der Waals surface area contributed by atoms with E-state index in [1.807, 2.05) is 12.3 Å². The molecule has 0 spiro atoms. The molecule has 0 radical (unpaired) electrons. The van der Waals surface area contributed by atoms with E-state index in [-0.39, 0.29) is 5.41 Å². The fraction of sp³-hybridized carbons (Fsp3) is 0.562. The second-order valence-corrected chi connectivity index (χ2v) is 7.31. The summed E-state index contributed by atoms with van der Waals surface area (Å²) in [5, 5.41) is 7.41. The number of hydrogen-bond donors (Lipinski definition) is 1. The van der Waals surface area contributed by atoms with Gasteiger partial charge in [0, 0.05) is 29.1 Å². The van der Waals surface area contributed by atoms with E-state index in [2.05, 4.69) is 57.1 Å². The van der Waals surface area contributed by atoms with E-state index in [4.69, 9.17) is 4.52 Å². The average molecular weight is 367 g/mol. The van der Waals surface area contributed by atoms with Crippen molar-refractivity contribution >= 4 is 21.6 Å². The maximum atomic E-state index is 5.29. The highest BCUT2D eigenvalue weighted by atomic mass is 79.9. The number of hydrogen-bond acceptors (Lipinski definition) is 5. The molecule has 0 aliphatic carbocycles. The molecule has 2 aromatic heterocycles. The Morgan fingerprint density at radius 3 is 2.68 bits per heavy atom. The minimum absolute atomic E-state index is 0.0762. The Hall–Kier alpha value is -1.43. The molecule has 6 heteroatoms. The van der Waals surface area contributed by atoms with Gasteiger partial charge in [-0.15, -0.1) is 0 Å². The molecule has 0 saturated carbocycles. The molecule has 0 aromatic carbocycles. The topological polar surface area (TPSA) is 63.8 Å². The maximum Gasteiger partial charge on any atom is 0.232 e. The van der Waals surface area contributed by atoms with E-state index in [1.54, 1.807) is 6.20 Å². The summed E-state index contributed by atoms with van der Waals surface area (Å²) in [6, 6.07) is 2.03. The van der Waals surface area contributed by atoms with Crippen molar-refractivity contribution < 1.29 is 4.52 Å². The molecule has 0 atom stereocenters. The van der Waals surface area contributed by atoms with Crippen LogP contribution in [0, 0.1) is 0 Å². The van der Waals surface area contributed by atoms with Crippen molar-refractivity contribution in [1.29, 1.82) is 0 Å².